The number of benzene rings is 1. The zero-order chi connectivity index (χ0) is 16.8. The lowest BCUT2D eigenvalue weighted by atomic mass is 10.2. The average molecular weight is 312 g/mol. The fraction of sp³-hybridized carbons (Fsp3) is 0.278. The molecule has 0 N–H and O–H groups in total. The standard InChI is InChI=1S/C18H20N2O3/c1-4-20(14-9-6-8-13(3)12-14)17(21)15-10-7-11-16(19-15)18(22)23-5-2/h6-12H,4-5H2,1-3H3. The monoisotopic (exact) mass is 312 g/mol. The molecular formula is C18H20N2O3. The van der Waals surface area contributed by atoms with E-state index >= 15 is 0 Å². The number of aromatic nitrogens is 1. The molecule has 0 bridgehead atoms. The number of hydrogen-bond acceptors (Lipinski definition) is 4. The lowest BCUT2D eigenvalue weighted by Crippen LogP contribution is -2.31. The lowest BCUT2D eigenvalue weighted by molar-refractivity contribution is 0.0519. The molecule has 5 heteroatoms. The van der Waals surface area contributed by atoms with Crippen LogP contribution in [0.4, 0.5) is 5.69 Å². The summed E-state index contributed by atoms with van der Waals surface area (Å²) >= 11 is 0. The highest BCUT2D eigenvalue weighted by Gasteiger charge is 2.19. The average Bonchev–Trinajstić information content (AvgIpc) is 2.56. The molecule has 0 aliphatic rings. The molecule has 0 fully saturated rings. The van der Waals surface area contributed by atoms with Crippen LogP contribution < -0.4 is 4.90 Å². The number of carbonyl (C=O) groups excluding carboxylic acids is 2. The van der Waals surface area contributed by atoms with Crippen LogP contribution in [0.5, 0.6) is 0 Å². The Morgan fingerprint density at radius 2 is 1.78 bits per heavy atom. The number of rotatable bonds is 5. The van der Waals surface area contributed by atoms with Gasteiger partial charge in [0, 0.05) is 12.2 Å². The smallest absolute Gasteiger partial charge is 0.356 e. The lowest BCUT2D eigenvalue weighted by Gasteiger charge is -2.21. The third-order valence-electron chi connectivity index (χ3n) is 3.33. The number of aryl methyl sites for hydroxylation is 1. The SMILES string of the molecule is CCOC(=O)c1cccc(C(=O)N(CC)c2cccc(C)c2)n1. The first-order valence-electron chi connectivity index (χ1n) is 7.59. The molecule has 0 radical (unpaired) electrons. The van der Waals surface area contributed by atoms with Crippen LogP contribution in [-0.2, 0) is 4.74 Å². The van der Waals surface area contributed by atoms with E-state index in [1.165, 1.54) is 6.07 Å². The molecule has 1 heterocycles. The van der Waals surface area contributed by atoms with Gasteiger partial charge in [0.2, 0.25) is 0 Å². The number of anilines is 1. The Kier molecular flexibility index (Phi) is 5.46. The predicted molar refractivity (Wildman–Crippen MR) is 88.7 cm³/mol. The van der Waals surface area contributed by atoms with Gasteiger partial charge in [-0.05, 0) is 50.6 Å². The van der Waals surface area contributed by atoms with E-state index in [0.29, 0.717) is 6.54 Å². The third-order valence-corrected chi connectivity index (χ3v) is 3.33. The van der Waals surface area contributed by atoms with Crippen molar-refractivity contribution in [2.75, 3.05) is 18.1 Å². The summed E-state index contributed by atoms with van der Waals surface area (Å²) in [7, 11) is 0. The van der Waals surface area contributed by atoms with Crippen LogP contribution in [0.1, 0.15) is 40.4 Å². The Balaban J connectivity index is 2.31. The maximum atomic E-state index is 12.7. The number of amides is 1. The van der Waals surface area contributed by atoms with Crippen molar-refractivity contribution in [3.05, 3.63) is 59.4 Å². The van der Waals surface area contributed by atoms with Crippen LogP contribution in [0.2, 0.25) is 0 Å². The van der Waals surface area contributed by atoms with Gasteiger partial charge in [-0.1, -0.05) is 18.2 Å². The molecule has 0 atom stereocenters. The summed E-state index contributed by atoms with van der Waals surface area (Å²) in [6.45, 7) is 6.37. The van der Waals surface area contributed by atoms with Crippen molar-refractivity contribution >= 4 is 17.6 Å². The van der Waals surface area contributed by atoms with Gasteiger partial charge in [0.15, 0.2) is 0 Å². The molecule has 0 aliphatic carbocycles. The van der Waals surface area contributed by atoms with Crippen LogP contribution in [0.3, 0.4) is 0 Å². The third kappa shape index (κ3) is 3.94. The number of hydrogen-bond donors (Lipinski definition) is 0. The van der Waals surface area contributed by atoms with Gasteiger partial charge in [-0.15, -0.1) is 0 Å². The number of nitrogens with zero attached hydrogens (tertiary/aromatic N) is 2. The molecule has 23 heavy (non-hydrogen) atoms. The summed E-state index contributed by atoms with van der Waals surface area (Å²) in [5, 5.41) is 0. The second kappa shape index (κ2) is 7.54. The van der Waals surface area contributed by atoms with Gasteiger partial charge < -0.3 is 9.64 Å². The van der Waals surface area contributed by atoms with Crippen LogP contribution in [0.15, 0.2) is 42.5 Å². The zero-order valence-corrected chi connectivity index (χ0v) is 13.6. The zero-order valence-electron chi connectivity index (χ0n) is 13.6. The van der Waals surface area contributed by atoms with Gasteiger partial charge in [0.1, 0.15) is 11.4 Å². The van der Waals surface area contributed by atoms with Crippen molar-refractivity contribution in [1.82, 2.24) is 4.98 Å². The van der Waals surface area contributed by atoms with Crippen molar-refractivity contribution < 1.29 is 14.3 Å². The number of esters is 1. The van der Waals surface area contributed by atoms with E-state index in [4.69, 9.17) is 4.74 Å². The van der Waals surface area contributed by atoms with E-state index in [2.05, 4.69) is 4.98 Å². The van der Waals surface area contributed by atoms with Gasteiger partial charge in [-0.2, -0.15) is 0 Å². The molecular weight excluding hydrogens is 292 g/mol. The first kappa shape index (κ1) is 16.7. The minimum absolute atomic E-state index is 0.137. The van der Waals surface area contributed by atoms with Gasteiger partial charge in [0.25, 0.3) is 5.91 Å². The van der Waals surface area contributed by atoms with E-state index in [9.17, 15) is 9.59 Å². The Hall–Kier alpha value is -2.69. The maximum absolute atomic E-state index is 12.7. The highest BCUT2D eigenvalue weighted by atomic mass is 16.5. The summed E-state index contributed by atoms with van der Waals surface area (Å²) in [5.74, 6) is -0.773. The Morgan fingerprint density at radius 3 is 2.43 bits per heavy atom. The molecule has 1 amide bonds. The molecule has 5 nitrogen and oxygen atoms in total. The summed E-state index contributed by atoms with van der Waals surface area (Å²) in [6, 6.07) is 12.5. The summed E-state index contributed by atoms with van der Waals surface area (Å²) in [6.07, 6.45) is 0. The van der Waals surface area contributed by atoms with Gasteiger partial charge >= 0.3 is 5.97 Å². The second-order valence-corrected chi connectivity index (χ2v) is 5.02. The summed E-state index contributed by atoms with van der Waals surface area (Å²) < 4.78 is 4.92. The summed E-state index contributed by atoms with van der Waals surface area (Å²) in [5.41, 5.74) is 2.24. The first-order chi connectivity index (χ1) is 11.1. The quantitative estimate of drug-likeness (QED) is 0.795. The van der Waals surface area contributed by atoms with Gasteiger partial charge in [-0.25, -0.2) is 9.78 Å². The minimum Gasteiger partial charge on any atom is -0.461 e. The molecule has 0 saturated carbocycles. The fourth-order valence-corrected chi connectivity index (χ4v) is 2.25. The Labute approximate surface area is 135 Å². The van der Waals surface area contributed by atoms with E-state index in [-0.39, 0.29) is 23.9 Å². The van der Waals surface area contributed by atoms with Crippen molar-refractivity contribution in [1.29, 1.82) is 0 Å². The van der Waals surface area contributed by atoms with E-state index < -0.39 is 5.97 Å². The molecule has 0 unspecified atom stereocenters. The van der Waals surface area contributed by atoms with E-state index in [1.807, 2.05) is 38.1 Å². The topological polar surface area (TPSA) is 59.5 Å². The molecule has 2 aromatic rings. The predicted octanol–water partition coefficient (Wildman–Crippen LogP) is 3.23. The highest BCUT2D eigenvalue weighted by molar-refractivity contribution is 6.05. The molecule has 0 aliphatic heterocycles. The first-order valence-corrected chi connectivity index (χ1v) is 7.59. The normalized spacial score (nSPS) is 10.2. The van der Waals surface area contributed by atoms with Crippen LogP contribution in [0.25, 0.3) is 0 Å². The van der Waals surface area contributed by atoms with Crippen LogP contribution in [0, 0.1) is 6.92 Å². The number of carbonyl (C=O) groups is 2. The highest BCUT2D eigenvalue weighted by Crippen LogP contribution is 2.18. The second-order valence-electron chi connectivity index (χ2n) is 5.02. The van der Waals surface area contributed by atoms with Crippen LogP contribution in [-0.4, -0.2) is 30.0 Å². The van der Waals surface area contributed by atoms with Gasteiger partial charge in [0.05, 0.1) is 6.61 Å². The molecule has 120 valence electrons. The molecule has 0 spiro atoms. The van der Waals surface area contributed by atoms with E-state index in [1.54, 1.807) is 24.0 Å². The maximum Gasteiger partial charge on any atom is 0.356 e. The van der Waals surface area contributed by atoms with E-state index in [0.717, 1.165) is 11.3 Å². The number of ether oxygens (including phenoxy) is 1. The van der Waals surface area contributed by atoms with Crippen molar-refractivity contribution in [2.24, 2.45) is 0 Å². The largest absolute Gasteiger partial charge is 0.461 e. The molecule has 0 saturated heterocycles. The molecule has 1 aromatic carbocycles. The van der Waals surface area contributed by atoms with Crippen molar-refractivity contribution in [3.63, 3.8) is 0 Å². The number of pyridine rings is 1. The minimum atomic E-state index is -0.527. The Bertz CT molecular complexity index is 713. The molecule has 1 aromatic heterocycles. The van der Waals surface area contributed by atoms with Crippen molar-refractivity contribution in [3.8, 4) is 0 Å². The Morgan fingerprint density at radius 1 is 1.09 bits per heavy atom. The molecule has 2 rings (SSSR count). The van der Waals surface area contributed by atoms with Crippen LogP contribution >= 0.6 is 0 Å². The van der Waals surface area contributed by atoms with Crippen molar-refractivity contribution in [2.45, 2.75) is 20.8 Å². The fourth-order valence-electron chi connectivity index (χ4n) is 2.25. The van der Waals surface area contributed by atoms with Gasteiger partial charge in [-0.3, -0.25) is 4.79 Å². The summed E-state index contributed by atoms with van der Waals surface area (Å²) in [4.78, 5) is 30.3.